The first-order valence-electron chi connectivity index (χ1n) is 9.20. The van der Waals surface area contributed by atoms with E-state index in [4.69, 9.17) is 4.74 Å². The van der Waals surface area contributed by atoms with Crippen LogP contribution in [0.4, 0.5) is 10.7 Å². The molecule has 0 aliphatic heterocycles. The molecular formula is C18H22N4O5S. The summed E-state index contributed by atoms with van der Waals surface area (Å²) >= 11 is 1.43. The minimum absolute atomic E-state index is 0.0732. The molecule has 2 aromatic rings. The van der Waals surface area contributed by atoms with E-state index in [0.717, 1.165) is 36.1 Å². The van der Waals surface area contributed by atoms with Crippen LogP contribution in [0.5, 0.6) is 0 Å². The Bertz CT molecular complexity index is 917. The number of thiophene rings is 1. The molecule has 0 radical (unpaired) electrons. The van der Waals surface area contributed by atoms with Gasteiger partial charge in [-0.25, -0.2) is 4.79 Å². The van der Waals surface area contributed by atoms with Gasteiger partial charge in [-0.15, -0.1) is 11.3 Å². The van der Waals surface area contributed by atoms with Gasteiger partial charge < -0.3 is 10.1 Å². The third-order valence-corrected chi connectivity index (χ3v) is 5.94. The number of hydrogen-bond donors (Lipinski definition) is 1. The highest BCUT2D eigenvalue weighted by Crippen LogP contribution is 2.38. The summed E-state index contributed by atoms with van der Waals surface area (Å²) in [5.41, 5.74) is 1.79. The van der Waals surface area contributed by atoms with Crippen molar-refractivity contribution < 1.29 is 19.2 Å². The molecule has 1 amide bonds. The molecule has 0 unspecified atom stereocenters. The van der Waals surface area contributed by atoms with Gasteiger partial charge >= 0.3 is 11.7 Å². The molecule has 150 valence electrons. The Morgan fingerprint density at radius 3 is 2.82 bits per heavy atom. The zero-order valence-electron chi connectivity index (χ0n) is 15.8. The van der Waals surface area contributed by atoms with E-state index < -0.39 is 10.9 Å². The number of amides is 1. The number of carbonyl (C=O) groups is 2. The Hall–Kier alpha value is -2.75. The van der Waals surface area contributed by atoms with Crippen molar-refractivity contribution in [3.8, 4) is 0 Å². The van der Waals surface area contributed by atoms with E-state index in [1.165, 1.54) is 22.2 Å². The molecule has 3 rings (SSSR count). The fourth-order valence-electron chi connectivity index (χ4n) is 3.31. The molecule has 9 nitrogen and oxygen atoms in total. The lowest BCUT2D eigenvalue weighted by Gasteiger charge is -2.12. The van der Waals surface area contributed by atoms with Gasteiger partial charge in [-0.3, -0.25) is 19.6 Å². The van der Waals surface area contributed by atoms with Crippen LogP contribution in [0.3, 0.4) is 0 Å². The third kappa shape index (κ3) is 4.06. The number of nitrogens with one attached hydrogen (secondary N) is 1. The Balaban J connectivity index is 1.72. The summed E-state index contributed by atoms with van der Waals surface area (Å²) in [6.07, 6.45) is 5.07. The normalized spacial score (nSPS) is 13.1. The number of esters is 1. The lowest BCUT2D eigenvalue weighted by atomic mass is 9.95. The first-order chi connectivity index (χ1) is 13.4. The van der Waals surface area contributed by atoms with E-state index in [0.29, 0.717) is 16.3 Å². The molecule has 0 spiro atoms. The summed E-state index contributed by atoms with van der Waals surface area (Å²) in [6, 6.07) is 0. The lowest BCUT2D eigenvalue weighted by Crippen LogP contribution is -2.17. The summed E-state index contributed by atoms with van der Waals surface area (Å²) in [7, 11) is 0. The highest BCUT2D eigenvalue weighted by atomic mass is 32.1. The van der Waals surface area contributed by atoms with Crippen molar-refractivity contribution in [3.05, 3.63) is 38.0 Å². The molecule has 1 N–H and O–H groups in total. The molecule has 2 heterocycles. The Morgan fingerprint density at radius 2 is 2.14 bits per heavy atom. The van der Waals surface area contributed by atoms with Gasteiger partial charge in [0.15, 0.2) is 0 Å². The fraction of sp³-hybridized carbons (Fsp3) is 0.500. The van der Waals surface area contributed by atoms with Crippen molar-refractivity contribution >= 4 is 33.9 Å². The van der Waals surface area contributed by atoms with Crippen molar-refractivity contribution in [1.29, 1.82) is 0 Å². The summed E-state index contributed by atoms with van der Waals surface area (Å²) in [6.45, 7) is 3.83. The van der Waals surface area contributed by atoms with Gasteiger partial charge in [-0.1, -0.05) is 0 Å². The molecule has 0 atom stereocenters. The SMILES string of the molecule is CCOC(=O)c1c(NC(=O)CCn2ncc([N+](=O)[O-])c2C)sc2c1CCCC2. The van der Waals surface area contributed by atoms with Crippen LogP contribution in [-0.4, -0.2) is 33.2 Å². The highest BCUT2D eigenvalue weighted by molar-refractivity contribution is 7.17. The first kappa shape index (κ1) is 20.0. The second kappa shape index (κ2) is 8.51. The summed E-state index contributed by atoms with van der Waals surface area (Å²) in [5.74, 6) is -0.683. The average Bonchev–Trinajstić information content (AvgIpc) is 3.20. The van der Waals surface area contributed by atoms with Crippen molar-refractivity contribution in [1.82, 2.24) is 9.78 Å². The van der Waals surface area contributed by atoms with Gasteiger partial charge in [0.25, 0.3) is 0 Å². The zero-order chi connectivity index (χ0) is 20.3. The number of anilines is 1. The van der Waals surface area contributed by atoms with Crippen LogP contribution in [0, 0.1) is 17.0 Å². The first-order valence-corrected chi connectivity index (χ1v) is 10.0. The smallest absolute Gasteiger partial charge is 0.341 e. The van der Waals surface area contributed by atoms with Crippen LogP contribution in [0.15, 0.2) is 6.20 Å². The number of ether oxygens (including phenoxy) is 1. The molecule has 0 saturated heterocycles. The van der Waals surface area contributed by atoms with Crippen LogP contribution in [0.2, 0.25) is 0 Å². The molecule has 0 bridgehead atoms. The molecule has 28 heavy (non-hydrogen) atoms. The van der Waals surface area contributed by atoms with E-state index in [9.17, 15) is 19.7 Å². The highest BCUT2D eigenvalue weighted by Gasteiger charge is 2.27. The predicted molar refractivity (Wildman–Crippen MR) is 104 cm³/mol. The maximum absolute atomic E-state index is 12.5. The second-order valence-electron chi connectivity index (χ2n) is 6.53. The van der Waals surface area contributed by atoms with E-state index >= 15 is 0 Å². The maximum atomic E-state index is 12.5. The van der Waals surface area contributed by atoms with E-state index in [1.807, 2.05) is 0 Å². The topological polar surface area (TPSA) is 116 Å². The van der Waals surface area contributed by atoms with Crippen LogP contribution in [0.1, 0.15) is 52.7 Å². The van der Waals surface area contributed by atoms with Crippen molar-refractivity contribution in [2.75, 3.05) is 11.9 Å². The number of hydrogen-bond acceptors (Lipinski definition) is 7. The van der Waals surface area contributed by atoms with Crippen molar-refractivity contribution in [3.63, 3.8) is 0 Å². The number of fused-ring (bicyclic) bond motifs is 1. The zero-order valence-corrected chi connectivity index (χ0v) is 16.6. The average molecular weight is 406 g/mol. The van der Waals surface area contributed by atoms with Crippen LogP contribution in [-0.2, 0) is 28.9 Å². The second-order valence-corrected chi connectivity index (χ2v) is 7.63. The number of nitrogens with zero attached hydrogens (tertiary/aromatic N) is 3. The Morgan fingerprint density at radius 1 is 1.39 bits per heavy atom. The number of carbonyl (C=O) groups excluding carboxylic acids is 2. The van der Waals surface area contributed by atoms with Gasteiger partial charge in [-0.2, -0.15) is 5.10 Å². The van der Waals surface area contributed by atoms with Crippen molar-refractivity contribution in [2.45, 2.75) is 52.5 Å². The minimum atomic E-state index is -0.499. The van der Waals surface area contributed by atoms with Gasteiger partial charge in [-0.05, 0) is 45.1 Å². The van der Waals surface area contributed by atoms with Gasteiger partial charge in [0.05, 0.1) is 23.6 Å². The number of nitro groups is 1. The maximum Gasteiger partial charge on any atom is 0.341 e. The number of rotatable bonds is 7. The van der Waals surface area contributed by atoms with Gasteiger partial charge in [0.2, 0.25) is 5.91 Å². The molecule has 0 aromatic carbocycles. The fourth-order valence-corrected chi connectivity index (χ4v) is 4.60. The van der Waals surface area contributed by atoms with Gasteiger partial charge in [0, 0.05) is 11.3 Å². The molecule has 0 fully saturated rings. The molecule has 1 aliphatic carbocycles. The van der Waals surface area contributed by atoms with Crippen LogP contribution >= 0.6 is 11.3 Å². The predicted octanol–water partition coefficient (Wildman–Crippen LogP) is 3.25. The van der Waals surface area contributed by atoms with Crippen molar-refractivity contribution in [2.24, 2.45) is 0 Å². The number of aryl methyl sites for hydroxylation is 2. The summed E-state index contributed by atoms with van der Waals surface area (Å²) in [5, 5.41) is 18.2. The largest absolute Gasteiger partial charge is 0.462 e. The van der Waals surface area contributed by atoms with Crippen LogP contribution < -0.4 is 5.32 Å². The Kier molecular flexibility index (Phi) is 6.08. The molecule has 10 heteroatoms. The minimum Gasteiger partial charge on any atom is -0.462 e. The standard InChI is InChI=1S/C18H22N4O5S/c1-3-27-18(24)16-12-6-4-5-7-14(12)28-17(16)20-15(23)8-9-21-11(2)13(10-19-21)22(25)26/h10H,3-9H2,1-2H3,(H,20,23). The molecular weight excluding hydrogens is 384 g/mol. The van der Waals surface area contributed by atoms with Gasteiger partial charge in [0.1, 0.15) is 16.9 Å². The quantitative estimate of drug-likeness (QED) is 0.429. The Labute approximate surface area is 165 Å². The monoisotopic (exact) mass is 406 g/mol. The lowest BCUT2D eigenvalue weighted by molar-refractivity contribution is -0.385. The molecule has 2 aromatic heterocycles. The van der Waals surface area contributed by atoms with E-state index in [1.54, 1.807) is 13.8 Å². The van der Waals surface area contributed by atoms with E-state index in [-0.39, 0.29) is 31.2 Å². The molecule has 0 saturated carbocycles. The molecule has 1 aliphatic rings. The third-order valence-electron chi connectivity index (χ3n) is 4.73. The van der Waals surface area contributed by atoms with Crippen LogP contribution in [0.25, 0.3) is 0 Å². The van der Waals surface area contributed by atoms with E-state index in [2.05, 4.69) is 10.4 Å². The number of aromatic nitrogens is 2. The summed E-state index contributed by atoms with van der Waals surface area (Å²) in [4.78, 5) is 36.4. The summed E-state index contributed by atoms with van der Waals surface area (Å²) < 4.78 is 6.62.